The monoisotopic (exact) mass is 385 g/mol. The van der Waals surface area contributed by atoms with Crippen LogP contribution in [-0.4, -0.2) is 21.0 Å². The highest BCUT2D eigenvalue weighted by Crippen LogP contribution is 2.35. The zero-order valence-electron chi connectivity index (χ0n) is 13.4. The first kappa shape index (κ1) is 16.7. The molecule has 0 aliphatic carbocycles. The minimum atomic E-state index is -0.579. The van der Waals surface area contributed by atoms with Crippen LogP contribution < -0.4 is 5.56 Å². The van der Waals surface area contributed by atoms with Crippen LogP contribution in [0.15, 0.2) is 53.3 Å². The van der Waals surface area contributed by atoms with Gasteiger partial charge >= 0.3 is 5.97 Å². The van der Waals surface area contributed by atoms with E-state index in [2.05, 4.69) is 10.3 Å². The molecule has 26 heavy (non-hydrogen) atoms. The lowest BCUT2D eigenvalue weighted by Gasteiger charge is -2.05. The quantitative estimate of drug-likeness (QED) is 0.503. The highest BCUT2D eigenvalue weighted by molar-refractivity contribution is 7.19. The van der Waals surface area contributed by atoms with E-state index in [0.29, 0.717) is 15.9 Å². The predicted molar refractivity (Wildman–Crippen MR) is 100 cm³/mol. The molecule has 0 bridgehead atoms. The van der Waals surface area contributed by atoms with Crippen molar-refractivity contribution in [3.05, 3.63) is 68.8 Å². The molecule has 0 unspecified atom stereocenters. The van der Waals surface area contributed by atoms with Gasteiger partial charge in [0.1, 0.15) is 18.7 Å². The summed E-state index contributed by atoms with van der Waals surface area (Å²) < 4.78 is 7.29. The maximum Gasteiger partial charge on any atom is 0.328 e. The van der Waals surface area contributed by atoms with Crippen molar-refractivity contribution in [3.8, 4) is 0 Å². The molecule has 2 aromatic heterocycles. The largest absolute Gasteiger partial charge is 0.459 e. The highest BCUT2D eigenvalue weighted by atomic mass is 35.5. The first-order chi connectivity index (χ1) is 12.6. The molecular weight excluding hydrogens is 374 g/mol. The lowest BCUT2D eigenvalue weighted by atomic mass is 10.2. The molecule has 130 valence electrons. The predicted octanol–water partition coefficient (Wildman–Crippen LogP) is 3.40. The van der Waals surface area contributed by atoms with E-state index in [1.807, 2.05) is 24.3 Å². The van der Waals surface area contributed by atoms with Crippen LogP contribution >= 0.6 is 22.9 Å². The molecular formula is C18H12ClN3O3S. The smallest absolute Gasteiger partial charge is 0.328 e. The maximum atomic E-state index is 12.3. The fourth-order valence-corrected chi connectivity index (χ4v) is 4.00. The molecule has 0 amide bonds. The Morgan fingerprint density at radius 2 is 1.85 bits per heavy atom. The first-order valence-corrected chi connectivity index (χ1v) is 8.97. The van der Waals surface area contributed by atoms with Crippen molar-refractivity contribution < 1.29 is 9.53 Å². The topological polar surface area (TPSA) is 74.1 Å². The molecule has 6 nitrogen and oxygen atoms in total. The summed E-state index contributed by atoms with van der Waals surface area (Å²) in [5.41, 5.74) is 0.103. The summed E-state index contributed by atoms with van der Waals surface area (Å²) in [5, 5.41) is 9.65. The van der Waals surface area contributed by atoms with E-state index < -0.39 is 5.97 Å². The second-order valence-electron chi connectivity index (χ2n) is 5.57. The van der Waals surface area contributed by atoms with Gasteiger partial charge in [0.25, 0.3) is 5.56 Å². The van der Waals surface area contributed by atoms with Crippen molar-refractivity contribution in [2.45, 2.75) is 13.2 Å². The summed E-state index contributed by atoms with van der Waals surface area (Å²) in [6, 6.07) is 14.5. The van der Waals surface area contributed by atoms with Crippen LogP contribution in [0.5, 0.6) is 0 Å². The number of halogens is 1. The SMILES string of the molecule is O=C(Cn1nnc2ccccc2c1=O)OCc1sc2ccccc2c1Cl. The normalized spacial score (nSPS) is 11.1. The minimum Gasteiger partial charge on any atom is -0.459 e. The Labute approximate surface area is 156 Å². The van der Waals surface area contributed by atoms with Gasteiger partial charge in [-0.25, -0.2) is 0 Å². The third kappa shape index (κ3) is 3.07. The molecule has 0 radical (unpaired) electrons. The number of carbonyl (C=O) groups excluding carboxylic acids is 1. The number of benzene rings is 2. The number of fused-ring (bicyclic) bond motifs is 2. The van der Waals surface area contributed by atoms with Gasteiger partial charge in [-0.15, -0.1) is 16.4 Å². The summed E-state index contributed by atoms with van der Waals surface area (Å²) in [6.07, 6.45) is 0. The molecule has 4 rings (SSSR count). The van der Waals surface area contributed by atoms with Gasteiger partial charge < -0.3 is 4.74 Å². The molecule has 0 atom stereocenters. The molecule has 0 N–H and O–H groups in total. The second kappa shape index (κ2) is 6.86. The second-order valence-corrected chi connectivity index (χ2v) is 7.08. The van der Waals surface area contributed by atoms with Gasteiger partial charge in [0.05, 0.1) is 15.3 Å². The summed E-state index contributed by atoms with van der Waals surface area (Å²) in [4.78, 5) is 25.2. The number of esters is 1. The average molecular weight is 386 g/mol. The number of carbonyl (C=O) groups is 1. The van der Waals surface area contributed by atoms with Gasteiger partial charge in [-0.1, -0.05) is 47.1 Å². The number of hydrogen-bond donors (Lipinski definition) is 0. The lowest BCUT2D eigenvalue weighted by Crippen LogP contribution is -2.28. The van der Waals surface area contributed by atoms with Crippen molar-refractivity contribution in [2.75, 3.05) is 0 Å². The number of ether oxygens (including phenoxy) is 1. The molecule has 0 saturated heterocycles. The van der Waals surface area contributed by atoms with Crippen LogP contribution in [0.1, 0.15) is 4.88 Å². The molecule has 0 saturated carbocycles. The lowest BCUT2D eigenvalue weighted by molar-refractivity contribution is -0.145. The molecule has 0 aliphatic rings. The highest BCUT2D eigenvalue weighted by Gasteiger charge is 2.14. The summed E-state index contributed by atoms with van der Waals surface area (Å²) in [7, 11) is 0. The van der Waals surface area contributed by atoms with Crippen molar-refractivity contribution in [3.63, 3.8) is 0 Å². The van der Waals surface area contributed by atoms with Crippen LogP contribution in [-0.2, 0) is 22.7 Å². The molecule has 8 heteroatoms. The zero-order chi connectivity index (χ0) is 18.1. The molecule has 0 aliphatic heterocycles. The summed E-state index contributed by atoms with van der Waals surface area (Å²) in [6.45, 7) is -0.258. The van der Waals surface area contributed by atoms with Crippen LogP contribution in [0.4, 0.5) is 0 Å². The average Bonchev–Trinajstić information content (AvgIpc) is 2.99. The Morgan fingerprint density at radius 1 is 1.12 bits per heavy atom. The number of hydrogen-bond acceptors (Lipinski definition) is 6. The van der Waals surface area contributed by atoms with Gasteiger partial charge in [-0.3, -0.25) is 9.59 Å². The van der Waals surface area contributed by atoms with E-state index >= 15 is 0 Å². The Bertz CT molecular complexity index is 1190. The number of rotatable bonds is 4. The fourth-order valence-electron chi connectivity index (χ4n) is 2.60. The van der Waals surface area contributed by atoms with Crippen LogP contribution in [0.25, 0.3) is 21.0 Å². The van der Waals surface area contributed by atoms with Crippen molar-refractivity contribution in [1.29, 1.82) is 0 Å². The molecule has 0 fully saturated rings. The Kier molecular flexibility index (Phi) is 4.40. The van der Waals surface area contributed by atoms with Gasteiger partial charge in [0.2, 0.25) is 0 Å². The van der Waals surface area contributed by atoms with E-state index in [9.17, 15) is 9.59 Å². The molecule has 2 heterocycles. The van der Waals surface area contributed by atoms with Crippen molar-refractivity contribution in [1.82, 2.24) is 15.0 Å². The van der Waals surface area contributed by atoms with Gasteiger partial charge in [0.15, 0.2) is 0 Å². The third-order valence-electron chi connectivity index (χ3n) is 3.87. The first-order valence-electron chi connectivity index (χ1n) is 7.77. The Morgan fingerprint density at radius 3 is 2.65 bits per heavy atom. The van der Waals surface area contributed by atoms with Crippen LogP contribution in [0, 0.1) is 0 Å². The summed E-state index contributed by atoms with van der Waals surface area (Å²) >= 11 is 7.80. The van der Waals surface area contributed by atoms with E-state index in [-0.39, 0.29) is 18.7 Å². The van der Waals surface area contributed by atoms with Gasteiger partial charge in [-0.05, 0) is 18.2 Å². The Hall–Kier alpha value is -2.77. The number of aromatic nitrogens is 3. The van der Waals surface area contributed by atoms with Crippen LogP contribution in [0.3, 0.4) is 0 Å². The van der Waals surface area contributed by atoms with E-state index in [1.165, 1.54) is 11.3 Å². The van der Waals surface area contributed by atoms with Gasteiger partial charge in [0, 0.05) is 10.1 Å². The Balaban J connectivity index is 1.50. The summed E-state index contributed by atoms with van der Waals surface area (Å²) in [5.74, 6) is -0.579. The van der Waals surface area contributed by atoms with Crippen molar-refractivity contribution >= 4 is 49.9 Å². The number of nitrogens with zero attached hydrogens (tertiary/aromatic N) is 3. The van der Waals surface area contributed by atoms with Gasteiger partial charge in [-0.2, -0.15) is 4.68 Å². The zero-order valence-corrected chi connectivity index (χ0v) is 15.0. The molecule has 2 aromatic carbocycles. The van der Waals surface area contributed by atoms with Crippen molar-refractivity contribution in [2.24, 2.45) is 0 Å². The van der Waals surface area contributed by atoms with Crippen LogP contribution in [0.2, 0.25) is 5.02 Å². The molecule has 0 spiro atoms. The van der Waals surface area contributed by atoms with E-state index in [1.54, 1.807) is 24.3 Å². The van der Waals surface area contributed by atoms with E-state index in [0.717, 1.165) is 19.6 Å². The maximum absolute atomic E-state index is 12.3. The standard InChI is InChI=1S/C18H12ClN3O3S/c19-17-12-6-2-4-8-14(12)26-15(17)10-25-16(23)9-22-18(24)11-5-1-3-7-13(11)20-21-22/h1-8H,9-10H2. The fraction of sp³-hybridized carbons (Fsp3) is 0.111. The third-order valence-corrected chi connectivity index (χ3v) is 5.56. The molecule has 4 aromatic rings. The number of thiophene rings is 1. The minimum absolute atomic E-state index is 0.0484. The van der Waals surface area contributed by atoms with E-state index in [4.69, 9.17) is 16.3 Å².